The number of benzene rings is 1. The maximum atomic E-state index is 12.9. The second-order valence-corrected chi connectivity index (χ2v) is 11.1. The van der Waals surface area contributed by atoms with Crippen LogP contribution in [0.4, 0.5) is 0 Å². The zero-order valence-corrected chi connectivity index (χ0v) is 17.6. The molecule has 2 heterocycles. The molecule has 7 nitrogen and oxygen atoms in total. The zero-order chi connectivity index (χ0) is 19.9. The highest BCUT2D eigenvalue weighted by Crippen LogP contribution is 2.41. The van der Waals surface area contributed by atoms with Crippen LogP contribution >= 0.6 is 11.8 Å². The van der Waals surface area contributed by atoms with E-state index in [9.17, 15) is 13.2 Å². The van der Waals surface area contributed by atoms with Crippen molar-refractivity contribution in [2.24, 2.45) is 0 Å². The fourth-order valence-electron chi connectivity index (χ4n) is 3.54. The predicted octanol–water partition coefficient (Wildman–Crippen LogP) is 2.27. The molecule has 1 aliphatic carbocycles. The molecule has 2 fully saturated rings. The molecule has 0 bridgehead atoms. The van der Waals surface area contributed by atoms with Gasteiger partial charge in [0.2, 0.25) is 5.91 Å². The Morgan fingerprint density at radius 1 is 1.21 bits per heavy atom. The Balaban J connectivity index is 1.53. The van der Waals surface area contributed by atoms with Crippen LogP contribution in [-0.4, -0.2) is 63.8 Å². The summed E-state index contributed by atoms with van der Waals surface area (Å²) in [6.45, 7) is 1.84. The average Bonchev–Trinajstić information content (AvgIpc) is 3.35. The van der Waals surface area contributed by atoms with Gasteiger partial charge in [-0.2, -0.15) is 0 Å². The Kier molecular flexibility index (Phi) is 5.22. The van der Waals surface area contributed by atoms with Crippen LogP contribution in [0.3, 0.4) is 0 Å². The smallest absolute Gasteiger partial charge is 0.235 e. The quantitative estimate of drug-likeness (QED) is 0.667. The highest BCUT2D eigenvalue weighted by Gasteiger charge is 2.35. The molecule has 1 amide bonds. The van der Waals surface area contributed by atoms with Crippen molar-refractivity contribution >= 4 is 27.5 Å². The maximum Gasteiger partial charge on any atom is 0.235 e. The minimum absolute atomic E-state index is 0.0542. The number of sulfone groups is 1. The molecule has 150 valence electrons. The van der Waals surface area contributed by atoms with Gasteiger partial charge >= 0.3 is 0 Å². The van der Waals surface area contributed by atoms with Crippen molar-refractivity contribution in [1.82, 2.24) is 19.7 Å². The molecule has 0 N–H and O–H groups in total. The number of nitrogens with zero attached hydrogens (tertiary/aromatic N) is 4. The van der Waals surface area contributed by atoms with E-state index in [1.165, 1.54) is 11.8 Å². The van der Waals surface area contributed by atoms with Crippen molar-refractivity contribution in [3.8, 4) is 5.69 Å². The van der Waals surface area contributed by atoms with Crippen molar-refractivity contribution in [3.63, 3.8) is 0 Å². The predicted molar refractivity (Wildman–Crippen MR) is 108 cm³/mol. The molecule has 0 spiro atoms. The largest absolute Gasteiger partial charge is 0.341 e. The Hall–Kier alpha value is -1.87. The van der Waals surface area contributed by atoms with E-state index in [-0.39, 0.29) is 28.7 Å². The molecule has 1 aliphatic heterocycles. The van der Waals surface area contributed by atoms with E-state index >= 15 is 0 Å². The fraction of sp³-hybridized carbons (Fsp3) is 0.526. The first-order valence-electron chi connectivity index (χ1n) is 9.50. The lowest BCUT2D eigenvalue weighted by Crippen LogP contribution is -2.41. The van der Waals surface area contributed by atoms with Crippen molar-refractivity contribution in [2.45, 2.75) is 48.6 Å². The van der Waals surface area contributed by atoms with Gasteiger partial charge in [0.1, 0.15) is 5.82 Å². The SMILES string of the molecule is CC(Sc1nnc(C2CC2)n1-c1ccccc1)C(=O)N(C)C1CCS(=O)(=O)C1. The monoisotopic (exact) mass is 420 g/mol. The molecule has 1 aromatic heterocycles. The summed E-state index contributed by atoms with van der Waals surface area (Å²) in [7, 11) is -1.33. The summed E-state index contributed by atoms with van der Waals surface area (Å²) in [4.78, 5) is 14.5. The number of hydrogen-bond acceptors (Lipinski definition) is 6. The number of para-hydroxylation sites is 1. The Bertz CT molecular complexity index is 970. The number of carbonyl (C=O) groups is 1. The van der Waals surface area contributed by atoms with Crippen molar-refractivity contribution < 1.29 is 13.2 Å². The first kappa shape index (κ1) is 19.4. The molecule has 1 saturated heterocycles. The number of carbonyl (C=O) groups excluding carboxylic acids is 1. The van der Waals surface area contributed by atoms with Crippen LogP contribution < -0.4 is 0 Å². The lowest BCUT2D eigenvalue weighted by molar-refractivity contribution is -0.130. The summed E-state index contributed by atoms with van der Waals surface area (Å²) >= 11 is 1.37. The van der Waals surface area contributed by atoms with Gasteiger partial charge in [-0.15, -0.1) is 10.2 Å². The molecule has 28 heavy (non-hydrogen) atoms. The fourth-order valence-corrected chi connectivity index (χ4v) is 6.29. The van der Waals surface area contributed by atoms with Gasteiger partial charge in [-0.3, -0.25) is 9.36 Å². The van der Waals surface area contributed by atoms with Crippen molar-refractivity contribution in [1.29, 1.82) is 0 Å². The standard InChI is InChI=1S/C19H24N4O3S2/c1-13(18(24)22(2)16-10-11-28(25,26)12-16)27-19-21-20-17(14-8-9-14)23(19)15-6-4-3-5-7-15/h3-7,13-14,16H,8-12H2,1-2H3. The molecule has 1 saturated carbocycles. The minimum Gasteiger partial charge on any atom is -0.341 e. The second-order valence-electron chi connectivity index (χ2n) is 7.55. The van der Waals surface area contributed by atoms with Gasteiger partial charge < -0.3 is 4.90 Å². The van der Waals surface area contributed by atoms with Gasteiger partial charge in [0, 0.05) is 24.7 Å². The third kappa shape index (κ3) is 3.96. The number of aromatic nitrogens is 3. The molecular formula is C19H24N4O3S2. The van der Waals surface area contributed by atoms with Gasteiger partial charge in [0.05, 0.1) is 16.8 Å². The summed E-state index contributed by atoms with van der Waals surface area (Å²) in [6.07, 6.45) is 2.74. The third-order valence-corrected chi connectivity index (χ3v) is 8.13. The lowest BCUT2D eigenvalue weighted by Gasteiger charge is -2.26. The van der Waals surface area contributed by atoms with Crippen molar-refractivity contribution in [3.05, 3.63) is 36.2 Å². The van der Waals surface area contributed by atoms with E-state index in [0.29, 0.717) is 17.5 Å². The van der Waals surface area contributed by atoms with Crippen LogP contribution in [0, 0.1) is 0 Å². The highest BCUT2D eigenvalue weighted by atomic mass is 32.2. The van der Waals surface area contributed by atoms with Crippen LogP contribution in [0.5, 0.6) is 0 Å². The number of hydrogen-bond donors (Lipinski definition) is 0. The number of amides is 1. The lowest BCUT2D eigenvalue weighted by atomic mass is 10.2. The van der Waals surface area contributed by atoms with Crippen LogP contribution in [0.15, 0.2) is 35.5 Å². The molecule has 2 atom stereocenters. The Morgan fingerprint density at radius 3 is 2.54 bits per heavy atom. The Labute approximate surface area is 169 Å². The normalized spacial score (nSPS) is 22.1. The topological polar surface area (TPSA) is 85.2 Å². The van der Waals surface area contributed by atoms with E-state index < -0.39 is 9.84 Å². The van der Waals surface area contributed by atoms with Crippen LogP contribution in [0.2, 0.25) is 0 Å². The summed E-state index contributed by atoms with van der Waals surface area (Å²) in [6, 6.07) is 9.71. The zero-order valence-electron chi connectivity index (χ0n) is 16.0. The summed E-state index contributed by atoms with van der Waals surface area (Å²) in [5, 5.41) is 9.07. The van der Waals surface area contributed by atoms with Gasteiger partial charge in [-0.25, -0.2) is 8.42 Å². The number of rotatable bonds is 6. The Morgan fingerprint density at radius 2 is 1.93 bits per heavy atom. The first-order valence-corrected chi connectivity index (χ1v) is 12.2. The second kappa shape index (κ2) is 7.51. The molecular weight excluding hydrogens is 396 g/mol. The molecule has 0 radical (unpaired) electrons. The van der Waals surface area contributed by atoms with E-state index in [2.05, 4.69) is 10.2 Å². The summed E-state index contributed by atoms with van der Waals surface area (Å²) in [5.41, 5.74) is 0.992. The molecule has 2 unspecified atom stereocenters. The highest BCUT2D eigenvalue weighted by molar-refractivity contribution is 8.00. The van der Waals surface area contributed by atoms with E-state index in [4.69, 9.17) is 0 Å². The van der Waals surface area contributed by atoms with Gasteiger partial charge in [-0.05, 0) is 38.3 Å². The van der Waals surface area contributed by atoms with E-state index in [1.54, 1.807) is 11.9 Å². The van der Waals surface area contributed by atoms with Crippen LogP contribution in [0.1, 0.15) is 37.9 Å². The first-order chi connectivity index (χ1) is 13.4. The summed E-state index contributed by atoms with van der Waals surface area (Å²) < 4.78 is 25.5. The van der Waals surface area contributed by atoms with Gasteiger partial charge in [0.25, 0.3) is 0 Å². The molecule has 4 rings (SSSR count). The molecule has 2 aromatic rings. The molecule has 1 aromatic carbocycles. The van der Waals surface area contributed by atoms with Gasteiger partial charge in [-0.1, -0.05) is 30.0 Å². The van der Waals surface area contributed by atoms with E-state index in [0.717, 1.165) is 24.4 Å². The van der Waals surface area contributed by atoms with Crippen LogP contribution in [0.25, 0.3) is 5.69 Å². The average molecular weight is 421 g/mol. The molecule has 9 heteroatoms. The van der Waals surface area contributed by atoms with Crippen LogP contribution in [-0.2, 0) is 14.6 Å². The minimum atomic E-state index is -3.03. The van der Waals surface area contributed by atoms with Gasteiger partial charge in [0.15, 0.2) is 15.0 Å². The van der Waals surface area contributed by atoms with E-state index in [1.807, 2.05) is 41.8 Å². The van der Waals surface area contributed by atoms with Crippen molar-refractivity contribution in [2.75, 3.05) is 18.6 Å². The third-order valence-electron chi connectivity index (χ3n) is 5.35. The molecule has 2 aliphatic rings. The number of thioether (sulfide) groups is 1. The maximum absolute atomic E-state index is 12.9. The summed E-state index contributed by atoms with van der Waals surface area (Å²) in [5.74, 6) is 1.51.